The van der Waals surface area contributed by atoms with Gasteiger partial charge in [-0.3, -0.25) is 9.69 Å². The molecule has 1 aromatic heterocycles. The van der Waals surface area contributed by atoms with Crippen LogP contribution in [0, 0.1) is 0 Å². The Hall–Kier alpha value is -1.45. The Morgan fingerprint density at radius 2 is 1.97 bits per heavy atom. The third-order valence-electron chi connectivity index (χ3n) is 4.50. The highest BCUT2D eigenvalue weighted by atomic mass is 35.5. The Morgan fingerprint density at radius 1 is 1.28 bits per heavy atom. The van der Waals surface area contributed by atoms with Gasteiger partial charge in [-0.1, -0.05) is 35.3 Å². The van der Waals surface area contributed by atoms with Crippen LogP contribution in [0.2, 0.25) is 10.0 Å². The second kappa shape index (κ2) is 9.57. The number of benzene rings is 1. The Kier molecular flexibility index (Phi) is 7.34. The zero-order chi connectivity index (χ0) is 21.0. The SMILES string of the molecule is C=CCN(C(=O)CCNS(=O)(=O)c1c(Cl)cccc1Cl)c1nc2c(s1)CCCC2. The van der Waals surface area contributed by atoms with Gasteiger partial charge in [0, 0.05) is 24.4 Å². The molecule has 1 amide bonds. The van der Waals surface area contributed by atoms with Crippen molar-refractivity contribution < 1.29 is 13.2 Å². The van der Waals surface area contributed by atoms with Gasteiger partial charge in [-0.15, -0.1) is 17.9 Å². The molecule has 1 aromatic carbocycles. The van der Waals surface area contributed by atoms with E-state index in [1.54, 1.807) is 17.0 Å². The zero-order valence-corrected chi connectivity index (χ0v) is 18.8. The summed E-state index contributed by atoms with van der Waals surface area (Å²) in [6.07, 6.45) is 5.77. The Bertz CT molecular complexity index is 978. The number of fused-ring (bicyclic) bond motifs is 1. The van der Waals surface area contributed by atoms with Crippen molar-refractivity contribution in [2.45, 2.75) is 37.0 Å². The highest BCUT2D eigenvalue weighted by Crippen LogP contribution is 2.32. The molecule has 1 heterocycles. The van der Waals surface area contributed by atoms with Crippen molar-refractivity contribution in [3.8, 4) is 0 Å². The summed E-state index contributed by atoms with van der Waals surface area (Å²) < 4.78 is 27.4. The molecule has 1 aliphatic carbocycles. The van der Waals surface area contributed by atoms with Crippen LogP contribution in [-0.4, -0.2) is 32.4 Å². The largest absolute Gasteiger partial charge is 0.284 e. The summed E-state index contributed by atoms with van der Waals surface area (Å²) in [5.74, 6) is -0.232. The van der Waals surface area contributed by atoms with E-state index in [0.717, 1.165) is 31.4 Å². The lowest BCUT2D eigenvalue weighted by Gasteiger charge is -2.18. The minimum Gasteiger partial charge on any atom is -0.284 e. The average molecular weight is 474 g/mol. The number of hydrogen-bond acceptors (Lipinski definition) is 5. The lowest BCUT2D eigenvalue weighted by molar-refractivity contribution is -0.118. The fourth-order valence-corrected chi connectivity index (χ4v) is 6.45. The average Bonchev–Trinajstić information content (AvgIpc) is 3.09. The fraction of sp³-hybridized carbons (Fsp3) is 0.368. The molecule has 1 N–H and O–H groups in total. The molecule has 3 rings (SSSR count). The van der Waals surface area contributed by atoms with E-state index in [-0.39, 0.29) is 33.8 Å². The van der Waals surface area contributed by atoms with E-state index in [0.29, 0.717) is 11.7 Å². The van der Waals surface area contributed by atoms with Crippen molar-refractivity contribution in [2.75, 3.05) is 18.0 Å². The molecule has 0 saturated carbocycles. The lowest BCUT2D eigenvalue weighted by Crippen LogP contribution is -2.35. The van der Waals surface area contributed by atoms with E-state index in [4.69, 9.17) is 23.2 Å². The third kappa shape index (κ3) is 5.19. The second-order valence-electron chi connectivity index (χ2n) is 6.56. The molecule has 6 nitrogen and oxygen atoms in total. The first-order valence-electron chi connectivity index (χ1n) is 9.17. The van der Waals surface area contributed by atoms with Gasteiger partial charge in [-0.25, -0.2) is 18.1 Å². The van der Waals surface area contributed by atoms with Crippen molar-refractivity contribution in [3.63, 3.8) is 0 Å². The molecule has 10 heteroatoms. The summed E-state index contributed by atoms with van der Waals surface area (Å²) >= 11 is 13.5. The van der Waals surface area contributed by atoms with E-state index in [1.807, 2.05) is 0 Å². The number of amides is 1. The first-order chi connectivity index (χ1) is 13.8. The van der Waals surface area contributed by atoms with E-state index in [9.17, 15) is 13.2 Å². The minimum absolute atomic E-state index is 0.0259. The van der Waals surface area contributed by atoms with Crippen molar-refractivity contribution >= 4 is 55.6 Å². The Morgan fingerprint density at radius 3 is 2.62 bits per heavy atom. The van der Waals surface area contributed by atoms with Gasteiger partial charge in [0.25, 0.3) is 0 Å². The van der Waals surface area contributed by atoms with Gasteiger partial charge in [-0.05, 0) is 37.8 Å². The molecular formula is C19H21Cl2N3O3S2. The van der Waals surface area contributed by atoms with Gasteiger partial charge < -0.3 is 0 Å². The summed E-state index contributed by atoms with van der Waals surface area (Å²) in [6, 6.07) is 4.46. The van der Waals surface area contributed by atoms with Crippen molar-refractivity contribution in [3.05, 3.63) is 51.5 Å². The van der Waals surface area contributed by atoms with Crippen LogP contribution in [0.3, 0.4) is 0 Å². The number of halogens is 2. The topological polar surface area (TPSA) is 79.4 Å². The predicted octanol–water partition coefficient (Wildman–Crippen LogP) is 4.22. The number of carbonyl (C=O) groups excluding carboxylic acids is 1. The standard InChI is InChI=1S/C19H21Cl2N3O3S2/c1-2-12-24(19-23-15-8-3-4-9-16(15)28-19)17(25)10-11-22-29(26,27)18-13(20)6-5-7-14(18)21/h2,5-7,22H,1,3-4,8-12H2. The molecule has 29 heavy (non-hydrogen) atoms. The van der Waals surface area contributed by atoms with Crippen LogP contribution in [0.5, 0.6) is 0 Å². The van der Waals surface area contributed by atoms with Crippen LogP contribution in [0.1, 0.15) is 29.8 Å². The maximum Gasteiger partial charge on any atom is 0.243 e. The van der Waals surface area contributed by atoms with E-state index >= 15 is 0 Å². The van der Waals surface area contributed by atoms with Gasteiger partial charge >= 0.3 is 0 Å². The lowest BCUT2D eigenvalue weighted by atomic mass is 10.0. The smallest absolute Gasteiger partial charge is 0.243 e. The van der Waals surface area contributed by atoms with Crippen LogP contribution in [0.15, 0.2) is 35.7 Å². The number of anilines is 1. The molecule has 0 saturated heterocycles. The number of nitrogens with one attached hydrogen (secondary N) is 1. The van der Waals surface area contributed by atoms with Crippen LogP contribution in [0.25, 0.3) is 0 Å². The number of sulfonamides is 1. The normalized spacial score (nSPS) is 13.7. The molecule has 0 spiro atoms. The van der Waals surface area contributed by atoms with Crippen molar-refractivity contribution in [2.24, 2.45) is 0 Å². The second-order valence-corrected chi connectivity index (χ2v) is 10.1. The van der Waals surface area contributed by atoms with Crippen molar-refractivity contribution in [1.29, 1.82) is 0 Å². The number of nitrogens with zero attached hydrogens (tertiary/aromatic N) is 2. The monoisotopic (exact) mass is 473 g/mol. The molecule has 0 unspecified atom stereocenters. The van der Waals surface area contributed by atoms with E-state index in [2.05, 4.69) is 16.3 Å². The predicted molar refractivity (Wildman–Crippen MR) is 118 cm³/mol. The summed E-state index contributed by atoms with van der Waals surface area (Å²) in [5, 5.41) is 0.690. The highest BCUT2D eigenvalue weighted by molar-refractivity contribution is 7.89. The number of rotatable bonds is 8. The summed E-state index contributed by atoms with van der Waals surface area (Å²) in [6.45, 7) is 3.94. The minimum atomic E-state index is -3.94. The maximum absolute atomic E-state index is 12.8. The van der Waals surface area contributed by atoms with Gasteiger partial charge in [0.05, 0.1) is 15.7 Å². The molecule has 2 aromatic rings. The molecule has 0 aliphatic heterocycles. The first kappa shape index (κ1) is 22.2. The molecule has 1 aliphatic rings. The quantitative estimate of drug-likeness (QED) is 0.582. The number of carbonyl (C=O) groups is 1. The van der Waals surface area contributed by atoms with Crippen molar-refractivity contribution in [1.82, 2.24) is 9.71 Å². The number of thiazole rings is 1. The summed E-state index contributed by atoms with van der Waals surface area (Å²) in [4.78, 5) is 20.0. The van der Waals surface area contributed by atoms with Gasteiger partial charge in [0.2, 0.25) is 15.9 Å². The molecule has 0 bridgehead atoms. The molecular weight excluding hydrogens is 453 g/mol. The molecule has 0 atom stereocenters. The summed E-state index contributed by atoms with van der Waals surface area (Å²) in [7, 11) is -3.94. The Labute approximate surface area is 184 Å². The van der Waals surface area contributed by atoms with Gasteiger partial charge in [0.1, 0.15) is 4.90 Å². The molecule has 0 radical (unpaired) electrons. The number of hydrogen-bond donors (Lipinski definition) is 1. The van der Waals surface area contributed by atoms with Crippen LogP contribution in [0.4, 0.5) is 5.13 Å². The number of aryl methyl sites for hydroxylation is 2. The maximum atomic E-state index is 12.8. The van der Waals surface area contributed by atoms with Gasteiger partial charge in [0.15, 0.2) is 5.13 Å². The Balaban J connectivity index is 1.68. The highest BCUT2D eigenvalue weighted by Gasteiger charge is 2.24. The van der Waals surface area contributed by atoms with Crippen LogP contribution >= 0.6 is 34.5 Å². The summed E-state index contributed by atoms with van der Waals surface area (Å²) in [5.41, 5.74) is 1.06. The zero-order valence-electron chi connectivity index (χ0n) is 15.7. The van der Waals surface area contributed by atoms with Gasteiger partial charge in [-0.2, -0.15) is 0 Å². The van der Waals surface area contributed by atoms with E-state index in [1.165, 1.54) is 28.3 Å². The van der Waals surface area contributed by atoms with Crippen LogP contribution < -0.4 is 9.62 Å². The van der Waals surface area contributed by atoms with Crippen LogP contribution in [-0.2, 0) is 27.7 Å². The number of aromatic nitrogens is 1. The molecule has 0 fully saturated rings. The fourth-order valence-electron chi connectivity index (χ4n) is 3.11. The molecule has 156 valence electrons. The van der Waals surface area contributed by atoms with E-state index < -0.39 is 10.0 Å². The first-order valence-corrected chi connectivity index (χ1v) is 12.2. The third-order valence-corrected chi connectivity index (χ3v) is 8.09.